The summed E-state index contributed by atoms with van der Waals surface area (Å²) >= 11 is 0. The molecule has 0 spiro atoms. The number of anilines is 1. The second kappa shape index (κ2) is 10.9. The van der Waals surface area contributed by atoms with Crippen molar-refractivity contribution in [3.8, 4) is 5.75 Å². The third-order valence-electron chi connectivity index (χ3n) is 6.28. The zero-order chi connectivity index (χ0) is 26.6. The molecule has 0 bridgehead atoms. The van der Waals surface area contributed by atoms with Crippen molar-refractivity contribution in [3.05, 3.63) is 72.2 Å². The van der Waals surface area contributed by atoms with Gasteiger partial charge < -0.3 is 14.5 Å². The Bertz CT molecular complexity index is 1390. The molecule has 0 radical (unpaired) electrons. The zero-order valence-corrected chi connectivity index (χ0v) is 21.9. The van der Waals surface area contributed by atoms with Crippen molar-refractivity contribution >= 4 is 28.5 Å². The lowest BCUT2D eigenvalue weighted by Crippen LogP contribution is -2.51. The van der Waals surface area contributed by atoms with Gasteiger partial charge in [0, 0.05) is 5.54 Å². The van der Waals surface area contributed by atoms with Gasteiger partial charge in [-0.05, 0) is 70.5 Å². The molecule has 2 aromatic heterocycles. The number of fused-ring (bicyclic) bond motifs is 1. The highest BCUT2D eigenvalue weighted by molar-refractivity contribution is 6.02. The average Bonchev–Trinajstić information content (AvgIpc) is 3.49. The molecule has 9 heteroatoms. The molecule has 0 aliphatic rings. The van der Waals surface area contributed by atoms with E-state index in [0.717, 1.165) is 5.52 Å². The predicted molar refractivity (Wildman–Crippen MR) is 141 cm³/mol. The monoisotopic (exact) mass is 503 g/mol. The molecule has 1 atom stereocenters. The molecule has 2 amide bonds. The summed E-state index contributed by atoms with van der Waals surface area (Å²) in [5.41, 5.74) is 1.36. The van der Waals surface area contributed by atoms with E-state index < -0.39 is 11.6 Å². The van der Waals surface area contributed by atoms with Gasteiger partial charge in [-0.25, -0.2) is 4.68 Å². The van der Waals surface area contributed by atoms with Gasteiger partial charge in [-0.1, -0.05) is 36.4 Å². The molecule has 9 nitrogen and oxygen atoms in total. The van der Waals surface area contributed by atoms with Gasteiger partial charge in [-0.2, -0.15) is 0 Å². The number of carbonyl (C=O) groups is 2. The van der Waals surface area contributed by atoms with Crippen molar-refractivity contribution in [2.45, 2.75) is 59.2 Å². The molecule has 0 saturated carbocycles. The van der Waals surface area contributed by atoms with E-state index in [1.54, 1.807) is 37.3 Å². The van der Waals surface area contributed by atoms with Crippen molar-refractivity contribution in [3.63, 3.8) is 0 Å². The molecular weight excluding hydrogens is 470 g/mol. The van der Waals surface area contributed by atoms with Crippen molar-refractivity contribution in [2.24, 2.45) is 0 Å². The molecule has 4 aromatic rings. The number of aryl methyl sites for hydroxylation is 1. The van der Waals surface area contributed by atoms with Crippen LogP contribution < -0.4 is 15.0 Å². The molecule has 0 unspecified atom stereocenters. The Hall–Kier alpha value is -4.14. The number of ether oxygens (including phenoxy) is 1. The summed E-state index contributed by atoms with van der Waals surface area (Å²) < 4.78 is 13.4. The first-order chi connectivity index (χ1) is 17.7. The summed E-state index contributed by atoms with van der Waals surface area (Å²) in [5.74, 6) is 0.744. The molecule has 1 N–H and O–H groups in total. The van der Waals surface area contributed by atoms with Crippen LogP contribution in [-0.4, -0.2) is 39.0 Å². The van der Waals surface area contributed by atoms with E-state index in [9.17, 15) is 9.59 Å². The fourth-order valence-corrected chi connectivity index (χ4v) is 4.05. The van der Waals surface area contributed by atoms with Gasteiger partial charge in [-0.3, -0.25) is 14.5 Å². The molecular formula is C28H33N5O4. The van der Waals surface area contributed by atoms with Crippen LogP contribution in [0.1, 0.15) is 51.7 Å². The number of nitrogens with zero attached hydrogens (tertiary/aromatic N) is 4. The average molecular weight is 504 g/mol. The number of carbonyl (C=O) groups excluding carboxylic acids is 2. The Morgan fingerprint density at radius 1 is 1.08 bits per heavy atom. The maximum atomic E-state index is 14.1. The second-order valence-corrected chi connectivity index (χ2v) is 9.48. The molecule has 0 aliphatic carbocycles. The lowest BCUT2D eigenvalue weighted by molar-refractivity contribution is -0.128. The number of aromatic nitrogens is 3. The van der Waals surface area contributed by atoms with Gasteiger partial charge in [0.1, 0.15) is 29.3 Å². The SMILES string of the molecule is CCOc1ccccc1N(C(=O)Cn1nnc2ccccc21)[C@H](C(=O)NC(C)(C)CC)c1ccc(C)o1. The van der Waals surface area contributed by atoms with Crippen LogP contribution in [0, 0.1) is 6.92 Å². The van der Waals surface area contributed by atoms with Crippen LogP contribution in [0.5, 0.6) is 5.75 Å². The van der Waals surface area contributed by atoms with Gasteiger partial charge >= 0.3 is 0 Å². The van der Waals surface area contributed by atoms with E-state index >= 15 is 0 Å². The summed E-state index contributed by atoms with van der Waals surface area (Å²) in [6.45, 7) is 9.81. The van der Waals surface area contributed by atoms with E-state index in [1.807, 2.05) is 58.0 Å². The Kier molecular flexibility index (Phi) is 7.61. The minimum atomic E-state index is -1.08. The Labute approximate surface area is 216 Å². The Morgan fingerprint density at radius 3 is 2.51 bits per heavy atom. The summed E-state index contributed by atoms with van der Waals surface area (Å²) in [6, 6.07) is 17.0. The first-order valence-corrected chi connectivity index (χ1v) is 12.4. The summed E-state index contributed by atoms with van der Waals surface area (Å²) in [7, 11) is 0. The van der Waals surface area contributed by atoms with Gasteiger partial charge in [0.2, 0.25) is 5.91 Å². The maximum Gasteiger partial charge on any atom is 0.251 e. The molecule has 2 heterocycles. The highest BCUT2D eigenvalue weighted by Crippen LogP contribution is 2.36. The van der Waals surface area contributed by atoms with Crippen LogP contribution in [0.2, 0.25) is 0 Å². The number of para-hydroxylation sites is 3. The quantitative estimate of drug-likeness (QED) is 0.333. The van der Waals surface area contributed by atoms with Crippen LogP contribution in [-0.2, 0) is 16.1 Å². The fourth-order valence-electron chi connectivity index (χ4n) is 4.05. The van der Waals surface area contributed by atoms with Crippen LogP contribution in [0.25, 0.3) is 11.0 Å². The molecule has 2 aromatic carbocycles. The fraction of sp³-hybridized carbons (Fsp3) is 0.357. The minimum Gasteiger partial charge on any atom is -0.492 e. The minimum absolute atomic E-state index is 0.137. The van der Waals surface area contributed by atoms with Crippen LogP contribution in [0.15, 0.2) is 65.1 Å². The summed E-state index contributed by atoms with van der Waals surface area (Å²) in [4.78, 5) is 29.5. The van der Waals surface area contributed by atoms with Crippen molar-refractivity contribution in [2.75, 3.05) is 11.5 Å². The first kappa shape index (κ1) is 25.9. The van der Waals surface area contributed by atoms with Gasteiger partial charge in [0.05, 0.1) is 17.8 Å². The lowest BCUT2D eigenvalue weighted by Gasteiger charge is -2.34. The van der Waals surface area contributed by atoms with Gasteiger partial charge in [0.15, 0.2) is 6.04 Å². The van der Waals surface area contributed by atoms with Crippen LogP contribution >= 0.6 is 0 Å². The van der Waals surface area contributed by atoms with Crippen molar-refractivity contribution < 1.29 is 18.7 Å². The third kappa shape index (κ3) is 5.66. The van der Waals surface area contributed by atoms with Crippen LogP contribution in [0.3, 0.4) is 0 Å². The predicted octanol–water partition coefficient (Wildman–Crippen LogP) is 4.81. The molecule has 0 fully saturated rings. The molecule has 37 heavy (non-hydrogen) atoms. The number of nitrogens with one attached hydrogen (secondary N) is 1. The summed E-state index contributed by atoms with van der Waals surface area (Å²) in [5, 5.41) is 11.4. The second-order valence-electron chi connectivity index (χ2n) is 9.48. The van der Waals surface area contributed by atoms with Crippen molar-refractivity contribution in [1.29, 1.82) is 0 Å². The van der Waals surface area contributed by atoms with E-state index in [4.69, 9.17) is 9.15 Å². The van der Waals surface area contributed by atoms with E-state index in [-0.39, 0.29) is 18.4 Å². The Morgan fingerprint density at radius 2 is 1.81 bits per heavy atom. The van der Waals surface area contributed by atoms with E-state index in [0.29, 0.717) is 41.5 Å². The van der Waals surface area contributed by atoms with Gasteiger partial charge in [0.25, 0.3) is 5.91 Å². The topological polar surface area (TPSA) is 102 Å². The Balaban J connectivity index is 1.84. The number of furan rings is 1. The standard InChI is InChI=1S/C28H33N5O4/c1-6-28(4,5)29-27(35)26(24-17-16-19(3)37-24)33(22-14-10-11-15-23(22)36-7-2)25(34)18-32-21-13-9-8-12-20(21)30-31-32/h8-17,26H,6-7,18H2,1-5H3,(H,29,35)/t26-/m0/s1. The number of amides is 2. The normalized spacial score (nSPS) is 12.4. The van der Waals surface area contributed by atoms with Crippen LogP contribution in [0.4, 0.5) is 5.69 Å². The number of hydrogen-bond acceptors (Lipinski definition) is 6. The largest absolute Gasteiger partial charge is 0.492 e. The molecule has 4 rings (SSSR count). The van der Waals surface area contributed by atoms with E-state index in [1.165, 1.54) is 9.58 Å². The lowest BCUT2D eigenvalue weighted by atomic mass is 10.0. The highest BCUT2D eigenvalue weighted by Gasteiger charge is 2.38. The first-order valence-electron chi connectivity index (χ1n) is 12.4. The number of benzene rings is 2. The van der Waals surface area contributed by atoms with E-state index in [2.05, 4.69) is 15.6 Å². The summed E-state index contributed by atoms with van der Waals surface area (Å²) in [6.07, 6.45) is 0.705. The molecule has 194 valence electrons. The highest BCUT2D eigenvalue weighted by atomic mass is 16.5. The van der Waals surface area contributed by atoms with Crippen molar-refractivity contribution in [1.82, 2.24) is 20.3 Å². The molecule has 0 aliphatic heterocycles. The maximum absolute atomic E-state index is 14.1. The zero-order valence-electron chi connectivity index (χ0n) is 21.9. The number of hydrogen-bond donors (Lipinski definition) is 1. The molecule has 0 saturated heterocycles. The third-order valence-corrected chi connectivity index (χ3v) is 6.28. The van der Waals surface area contributed by atoms with Gasteiger partial charge in [-0.15, -0.1) is 5.10 Å². The smallest absolute Gasteiger partial charge is 0.251 e. The number of rotatable bonds is 10.